The van der Waals surface area contributed by atoms with Crippen molar-refractivity contribution < 1.29 is 42.8 Å². The molecule has 2 aliphatic carbocycles. The van der Waals surface area contributed by atoms with Gasteiger partial charge in [0.2, 0.25) is 11.8 Å². The zero-order valence-corrected chi connectivity index (χ0v) is 58.5. The van der Waals surface area contributed by atoms with Crippen molar-refractivity contribution in [2.75, 3.05) is 33.4 Å². The number of H-pyrrole nitrogens is 2. The van der Waals surface area contributed by atoms with Gasteiger partial charge < -0.3 is 33.3 Å². The fourth-order valence-corrected chi connectivity index (χ4v) is 15.3. The van der Waals surface area contributed by atoms with E-state index in [1.54, 1.807) is 11.6 Å². The van der Waals surface area contributed by atoms with Crippen molar-refractivity contribution in [2.45, 2.75) is 162 Å². The average Bonchev–Trinajstić information content (AvgIpc) is 1.12. The SMILES string of the molecule is [C-]#[N+]c1c(C(=O)OC2(C)C(C(C)(C)C)CC(C)CC2C(C)(C)C)c2nc(-c3ccc4ccccc4c3OC)[nH]n2c1Oc1ccc(C)cc1.[C-]#[N+]c1c(C(=O)OC2C(C(C)(C)C)CC(C)CC2C(C)(C)C)c2nc(-c3ccc(C)cc3C)[nH]n2c1OC(=O)N1CCOCC1. The first-order chi connectivity index (χ1) is 44.2. The van der Waals surface area contributed by atoms with Crippen LogP contribution in [0.4, 0.5) is 16.2 Å². The topological polar surface area (TPSA) is 185 Å². The summed E-state index contributed by atoms with van der Waals surface area (Å²) < 4.78 is 39.9. The minimum Gasteiger partial charge on any atom is -0.495 e. The standard InChI is InChI=1S/C41H48N4O4.C35H47N5O5/c1-24-16-19-27(20-17-24)48-37-33(42-10)32(38(46)49-41(9)30(39(3,4)5)22-25(2)23-31(41)40(6,7)8)36-43-35(44-45(36)37)29-21-18-26-14-12-13-15-28(26)34(29)47-11;1-20-11-12-23(22(3)17-20)29-37-30-26(27(36-10)31(40(30)38-29)45-33(42)39-13-15-43-16-14-39)32(41)44-28-24(34(4,5)6)18-21(2)19-25(28)35(7,8)9/h12-21,25,30-31H,22-23H2,1-9,11H3,(H,43,44);11-12,17,21,24-25,28H,13-16,18-19H2,1-9H3,(H,37,38). The van der Waals surface area contributed by atoms with Crippen molar-refractivity contribution in [1.82, 2.24) is 34.1 Å². The summed E-state index contributed by atoms with van der Waals surface area (Å²) in [4.78, 5) is 61.3. The molecule has 1 saturated heterocycles. The van der Waals surface area contributed by atoms with Gasteiger partial charge in [-0.25, -0.2) is 43.1 Å². The Hall–Kier alpha value is -8.61. The molecular weight excluding hydrogens is 1180 g/mol. The molecule has 2 saturated carbocycles. The molecule has 4 atom stereocenters. The van der Waals surface area contributed by atoms with Crippen LogP contribution >= 0.6 is 0 Å². The number of rotatable bonds is 10. The molecule has 3 aliphatic rings. The molecule has 18 heteroatoms. The minimum absolute atomic E-state index is 0.000910. The van der Waals surface area contributed by atoms with Crippen LogP contribution in [-0.4, -0.2) is 97.2 Å². The maximum absolute atomic E-state index is 14.8. The minimum atomic E-state index is -0.799. The molecule has 4 aromatic heterocycles. The fourth-order valence-electron chi connectivity index (χ4n) is 15.3. The summed E-state index contributed by atoms with van der Waals surface area (Å²) in [7, 11) is 1.63. The van der Waals surface area contributed by atoms with Gasteiger partial charge in [-0.2, -0.15) is 0 Å². The third kappa shape index (κ3) is 13.4. The lowest BCUT2D eigenvalue weighted by molar-refractivity contribution is -0.160. The second-order valence-corrected chi connectivity index (χ2v) is 31.2. The third-order valence-electron chi connectivity index (χ3n) is 20.0. The summed E-state index contributed by atoms with van der Waals surface area (Å²) in [5.74, 6) is 2.41. The molecule has 2 N–H and O–H groups in total. The molecule has 0 spiro atoms. The molecule has 1 aliphatic heterocycles. The number of methoxy groups -OCH3 is 1. The summed E-state index contributed by atoms with van der Waals surface area (Å²) >= 11 is 0. The van der Waals surface area contributed by atoms with Crippen LogP contribution in [-0.2, 0) is 14.2 Å². The van der Waals surface area contributed by atoms with Crippen molar-refractivity contribution >= 4 is 51.5 Å². The predicted octanol–water partition coefficient (Wildman–Crippen LogP) is 18.4. The fraction of sp³-hybridized carbons (Fsp3) is 0.513. The van der Waals surface area contributed by atoms with Crippen LogP contribution in [0.1, 0.15) is 167 Å². The summed E-state index contributed by atoms with van der Waals surface area (Å²) in [5.41, 5.74) is 3.93. The molecule has 4 aromatic carbocycles. The number of nitrogens with zero attached hydrogens (tertiary/aromatic N) is 7. The number of esters is 2. The van der Waals surface area contributed by atoms with E-state index in [1.165, 1.54) is 9.42 Å². The zero-order chi connectivity index (χ0) is 68.3. The van der Waals surface area contributed by atoms with Crippen molar-refractivity contribution in [1.29, 1.82) is 0 Å². The number of aryl methyl sites for hydroxylation is 3. The maximum Gasteiger partial charge on any atom is 0.415 e. The van der Waals surface area contributed by atoms with Gasteiger partial charge in [0.15, 0.2) is 22.9 Å². The Kier molecular flexibility index (Phi) is 18.8. The van der Waals surface area contributed by atoms with E-state index in [-0.39, 0.29) is 97.0 Å². The van der Waals surface area contributed by atoms with Crippen LogP contribution in [0.3, 0.4) is 0 Å². The number of nitrogens with one attached hydrogen (secondary N) is 2. The molecule has 4 unspecified atom stereocenters. The number of aromatic nitrogens is 6. The molecule has 8 aromatic rings. The predicted molar refractivity (Wildman–Crippen MR) is 367 cm³/mol. The average molecular weight is 1280 g/mol. The van der Waals surface area contributed by atoms with Crippen LogP contribution in [0.5, 0.6) is 23.3 Å². The number of hydrogen-bond acceptors (Lipinski definition) is 11. The molecular formula is C76H95N9O9. The largest absolute Gasteiger partial charge is 0.495 e. The highest BCUT2D eigenvalue weighted by Crippen LogP contribution is 2.57. The molecule has 18 nitrogen and oxygen atoms in total. The maximum atomic E-state index is 14.8. The molecule has 94 heavy (non-hydrogen) atoms. The third-order valence-corrected chi connectivity index (χ3v) is 20.0. The zero-order valence-electron chi connectivity index (χ0n) is 58.5. The van der Waals surface area contributed by atoms with E-state index in [2.05, 4.69) is 130 Å². The van der Waals surface area contributed by atoms with Gasteiger partial charge in [-0.15, -0.1) is 0 Å². The van der Waals surface area contributed by atoms with Crippen LogP contribution in [0.25, 0.3) is 54.5 Å². The summed E-state index contributed by atoms with van der Waals surface area (Å²) in [5, 5.41) is 8.51. The second-order valence-electron chi connectivity index (χ2n) is 31.2. The lowest BCUT2D eigenvalue weighted by Gasteiger charge is -2.56. The number of amides is 1. The smallest absolute Gasteiger partial charge is 0.415 e. The number of morpholine rings is 1. The van der Waals surface area contributed by atoms with Crippen molar-refractivity contribution in [3.63, 3.8) is 0 Å². The first-order valence-electron chi connectivity index (χ1n) is 33.1. The molecule has 3 fully saturated rings. The van der Waals surface area contributed by atoms with Crippen LogP contribution in [0.15, 0.2) is 78.9 Å². The first kappa shape index (κ1) is 68.3. The summed E-state index contributed by atoms with van der Waals surface area (Å²) in [6.07, 6.45) is 2.78. The lowest BCUT2D eigenvalue weighted by atomic mass is 9.53. The van der Waals surface area contributed by atoms with E-state index in [4.69, 9.17) is 51.5 Å². The van der Waals surface area contributed by atoms with Gasteiger partial charge in [0.25, 0.3) is 11.4 Å². The highest BCUT2D eigenvalue weighted by atomic mass is 16.6. The molecule has 0 bridgehead atoms. The van der Waals surface area contributed by atoms with E-state index >= 15 is 0 Å². The number of ether oxygens (including phenoxy) is 6. The Balaban J connectivity index is 0.000000206. The van der Waals surface area contributed by atoms with Gasteiger partial charge in [0.05, 0.1) is 39.0 Å². The molecule has 498 valence electrons. The first-order valence-corrected chi connectivity index (χ1v) is 33.1. The van der Waals surface area contributed by atoms with E-state index in [0.29, 0.717) is 66.9 Å². The van der Waals surface area contributed by atoms with E-state index in [1.807, 2.05) is 93.6 Å². The number of carbonyl (C=O) groups is 3. The monoisotopic (exact) mass is 1280 g/mol. The van der Waals surface area contributed by atoms with E-state index in [9.17, 15) is 14.4 Å². The van der Waals surface area contributed by atoms with Crippen LogP contribution < -0.4 is 14.2 Å². The molecule has 1 amide bonds. The second kappa shape index (κ2) is 25.9. The van der Waals surface area contributed by atoms with Gasteiger partial charge in [0, 0.05) is 47.7 Å². The van der Waals surface area contributed by atoms with Crippen molar-refractivity contribution in [3.8, 4) is 46.0 Å². The van der Waals surface area contributed by atoms with Gasteiger partial charge in [0.1, 0.15) is 34.3 Å². The molecule has 0 radical (unpaired) electrons. The molecule has 5 heterocycles. The molecule has 11 rings (SSSR count). The van der Waals surface area contributed by atoms with Crippen molar-refractivity contribution in [2.24, 2.45) is 57.2 Å². The normalized spacial score (nSPS) is 22.1. The number of aromatic amines is 2. The van der Waals surface area contributed by atoms with Crippen LogP contribution in [0.2, 0.25) is 0 Å². The Morgan fingerprint density at radius 3 is 1.69 bits per heavy atom. The number of benzene rings is 4. The van der Waals surface area contributed by atoms with Gasteiger partial charge in [-0.1, -0.05) is 169 Å². The Morgan fingerprint density at radius 1 is 0.638 bits per heavy atom. The van der Waals surface area contributed by atoms with Crippen LogP contribution in [0, 0.1) is 91.1 Å². The summed E-state index contributed by atoms with van der Waals surface area (Å²) in [6, 6.07) is 25.5. The van der Waals surface area contributed by atoms with E-state index in [0.717, 1.165) is 58.7 Å². The Labute approximate surface area is 554 Å². The summed E-state index contributed by atoms with van der Waals surface area (Å²) in [6.45, 7) is 57.2. The van der Waals surface area contributed by atoms with Gasteiger partial charge >= 0.3 is 18.0 Å². The number of fused-ring (bicyclic) bond motifs is 3. The highest BCUT2D eigenvalue weighted by Gasteiger charge is 2.57. The number of hydrogen-bond donors (Lipinski definition) is 2. The quantitative estimate of drug-likeness (QED) is 0.0981. The van der Waals surface area contributed by atoms with Gasteiger partial charge in [-0.3, -0.25) is 10.2 Å². The van der Waals surface area contributed by atoms with E-state index < -0.39 is 23.6 Å². The van der Waals surface area contributed by atoms with Gasteiger partial charge in [-0.05, 0) is 116 Å². The highest BCUT2D eigenvalue weighted by molar-refractivity contribution is 6.06. The lowest BCUT2D eigenvalue weighted by Crippen LogP contribution is -2.58. The van der Waals surface area contributed by atoms with Crippen molar-refractivity contribution in [3.05, 3.63) is 130 Å². The number of carbonyl (C=O) groups excluding carboxylic acids is 3. The Bertz CT molecular complexity index is 4180. The Morgan fingerprint density at radius 2 is 1.15 bits per heavy atom.